The SMILES string of the molecule is CCNc1ccc(Cl)c(CN2CCN(C(C)C)CC2)n1. The molecule has 0 radical (unpaired) electrons. The van der Waals surface area contributed by atoms with E-state index in [1.807, 2.05) is 12.1 Å². The Labute approximate surface area is 127 Å². The van der Waals surface area contributed by atoms with Crippen molar-refractivity contribution in [3.63, 3.8) is 0 Å². The van der Waals surface area contributed by atoms with Gasteiger partial charge in [0.25, 0.3) is 0 Å². The Morgan fingerprint density at radius 2 is 1.95 bits per heavy atom. The Hall–Kier alpha value is -0.840. The molecule has 0 saturated carbocycles. The lowest BCUT2D eigenvalue weighted by Gasteiger charge is -2.36. The Morgan fingerprint density at radius 1 is 1.25 bits per heavy atom. The molecular weight excluding hydrogens is 272 g/mol. The number of hydrogen-bond acceptors (Lipinski definition) is 4. The van der Waals surface area contributed by atoms with Crippen LogP contribution in [0.4, 0.5) is 5.82 Å². The fourth-order valence-electron chi connectivity index (χ4n) is 2.52. The first-order valence-electron chi connectivity index (χ1n) is 7.46. The summed E-state index contributed by atoms with van der Waals surface area (Å²) in [5.74, 6) is 0.910. The standard InChI is InChI=1S/C15H25ClN4/c1-4-17-15-6-5-13(16)14(18-15)11-19-7-9-20(10-8-19)12(2)3/h5-6,12H,4,7-11H2,1-3H3,(H,17,18). The van der Waals surface area contributed by atoms with Gasteiger partial charge in [-0.2, -0.15) is 0 Å². The summed E-state index contributed by atoms with van der Waals surface area (Å²) < 4.78 is 0. The molecule has 0 atom stereocenters. The highest BCUT2D eigenvalue weighted by Gasteiger charge is 2.19. The average Bonchev–Trinajstić information content (AvgIpc) is 2.43. The minimum absolute atomic E-state index is 0.635. The molecule has 0 amide bonds. The molecule has 1 N–H and O–H groups in total. The fourth-order valence-corrected chi connectivity index (χ4v) is 2.69. The van der Waals surface area contributed by atoms with Gasteiger partial charge in [-0.15, -0.1) is 0 Å². The minimum atomic E-state index is 0.635. The van der Waals surface area contributed by atoms with Gasteiger partial charge in [-0.05, 0) is 32.9 Å². The zero-order valence-electron chi connectivity index (χ0n) is 12.7. The summed E-state index contributed by atoms with van der Waals surface area (Å²) in [6, 6.07) is 4.51. The highest BCUT2D eigenvalue weighted by molar-refractivity contribution is 6.31. The van der Waals surface area contributed by atoms with Crippen LogP contribution in [0.25, 0.3) is 0 Å². The molecule has 1 saturated heterocycles. The molecular formula is C15H25ClN4. The van der Waals surface area contributed by atoms with Crippen molar-refractivity contribution in [2.75, 3.05) is 38.0 Å². The van der Waals surface area contributed by atoms with Crippen LogP contribution >= 0.6 is 11.6 Å². The lowest BCUT2D eigenvalue weighted by atomic mass is 10.2. The summed E-state index contributed by atoms with van der Waals surface area (Å²) in [6.07, 6.45) is 0. The van der Waals surface area contributed by atoms with Crippen LogP contribution < -0.4 is 5.32 Å². The molecule has 0 aliphatic carbocycles. The molecule has 0 spiro atoms. The van der Waals surface area contributed by atoms with E-state index in [1.54, 1.807) is 0 Å². The van der Waals surface area contributed by atoms with Crippen molar-refractivity contribution >= 4 is 17.4 Å². The summed E-state index contributed by atoms with van der Waals surface area (Å²) in [6.45, 7) is 12.7. The van der Waals surface area contributed by atoms with Crippen molar-refractivity contribution in [2.45, 2.75) is 33.4 Å². The first kappa shape index (κ1) is 15.5. The molecule has 0 unspecified atom stereocenters. The van der Waals surface area contributed by atoms with Gasteiger partial charge in [-0.25, -0.2) is 4.98 Å². The van der Waals surface area contributed by atoms with E-state index in [1.165, 1.54) is 0 Å². The van der Waals surface area contributed by atoms with E-state index < -0.39 is 0 Å². The molecule has 1 aliphatic heterocycles. The largest absolute Gasteiger partial charge is 0.370 e. The van der Waals surface area contributed by atoms with Gasteiger partial charge >= 0.3 is 0 Å². The Kier molecular flexibility index (Phi) is 5.64. The number of pyridine rings is 1. The first-order chi connectivity index (χ1) is 9.60. The number of rotatable bonds is 5. The lowest BCUT2D eigenvalue weighted by Crippen LogP contribution is -2.48. The number of halogens is 1. The van der Waals surface area contributed by atoms with Crippen LogP contribution in [0.15, 0.2) is 12.1 Å². The number of nitrogens with one attached hydrogen (secondary N) is 1. The number of anilines is 1. The second-order valence-corrected chi connectivity index (χ2v) is 5.97. The number of aromatic nitrogens is 1. The number of nitrogens with zero attached hydrogens (tertiary/aromatic N) is 3. The van der Waals surface area contributed by atoms with Crippen LogP contribution in [-0.2, 0) is 6.54 Å². The van der Waals surface area contributed by atoms with Gasteiger partial charge in [0, 0.05) is 45.3 Å². The van der Waals surface area contributed by atoms with Crippen molar-refractivity contribution in [2.24, 2.45) is 0 Å². The van der Waals surface area contributed by atoms with E-state index in [0.29, 0.717) is 6.04 Å². The highest BCUT2D eigenvalue weighted by Crippen LogP contribution is 2.19. The summed E-state index contributed by atoms with van der Waals surface area (Å²) >= 11 is 6.27. The molecule has 2 heterocycles. The summed E-state index contributed by atoms with van der Waals surface area (Å²) in [4.78, 5) is 9.56. The van der Waals surface area contributed by atoms with Crippen molar-refractivity contribution in [1.82, 2.24) is 14.8 Å². The van der Waals surface area contributed by atoms with Crippen molar-refractivity contribution in [1.29, 1.82) is 0 Å². The molecule has 0 aromatic carbocycles. The number of hydrogen-bond donors (Lipinski definition) is 1. The molecule has 4 nitrogen and oxygen atoms in total. The minimum Gasteiger partial charge on any atom is -0.370 e. The molecule has 1 aromatic rings. The smallest absolute Gasteiger partial charge is 0.126 e. The molecule has 1 aliphatic rings. The van der Waals surface area contributed by atoms with Gasteiger partial charge in [0.2, 0.25) is 0 Å². The lowest BCUT2D eigenvalue weighted by molar-refractivity contribution is 0.103. The number of piperazine rings is 1. The summed E-state index contributed by atoms with van der Waals surface area (Å²) in [7, 11) is 0. The van der Waals surface area contributed by atoms with Gasteiger partial charge in [0.05, 0.1) is 10.7 Å². The average molecular weight is 297 g/mol. The quantitative estimate of drug-likeness (QED) is 0.905. The monoisotopic (exact) mass is 296 g/mol. The van der Waals surface area contributed by atoms with E-state index in [2.05, 4.69) is 40.9 Å². The van der Waals surface area contributed by atoms with Crippen molar-refractivity contribution < 1.29 is 0 Å². The van der Waals surface area contributed by atoms with Gasteiger partial charge in [0.1, 0.15) is 5.82 Å². The normalized spacial score (nSPS) is 17.6. The molecule has 1 aromatic heterocycles. The highest BCUT2D eigenvalue weighted by atomic mass is 35.5. The maximum absolute atomic E-state index is 6.27. The zero-order valence-corrected chi connectivity index (χ0v) is 13.5. The van der Waals surface area contributed by atoms with E-state index in [4.69, 9.17) is 11.6 Å². The maximum Gasteiger partial charge on any atom is 0.126 e. The molecule has 112 valence electrons. The van der Waals surface area contributed by atoms with E-state index >= 15 is 0 Å². The van der Waals surface area contributed by atoms with Gasteiger partial charge in [-0.3, -0.25) is 9.80 Å². The van der Waals surface area contributed by atoms with Crippen molar-refractivity contribution in [3.05, 3.63) is 22.8 Å². The van der Waals surface area contributed by atoms with Gasteiger partial charge in [-0.1, -0.05) is 11.6 Å². The summed E-state index contributed by atoms with van der Waals surface area (Å²) in [5.41, 5.74) is 0.975. The molecule has 0 bridgehead atoms. The summed E-state index contributed by atoms with van der Waals surface area (Å²) in [5, 5.41) is 4.00. The van der Waals surface area contributed by atoms with E-state index in [-0.39, 0.29) is 0 Å². The van der Waals surface area contributed by atoms with Gasteiger partial charge < -0.3 is 5.32 Å². The molecule has 5 heteroatoms. The van der Waals surface area contributed by atoms with E-state index in [0.717, 1.165) is 55.8 Å². The van der Waals surface area contributed by atoms with Crippen molar-refractivity contribution in [3.8, 4) is 0 Å². The second kappa shape index (κ2) is 7.25. The Bertz CT molecular complexity index is 428. The van der Waals surface area contributed by atoms with Crippen LogP contribution in [0, 0.1) is 0 Å². The first-order valence-corrected chi connectivity index (χ1v) is 7.83. The maximum atomic E-state index is 6.27. The topological polar surface area (TPSA) is 31.4 Å². The second-order valence-electron chi connectivity index (χ2n) is 5.56. The predicted octanol–water partition coefficient (Wildman–Crippen LogP) is 2.69. The van der Waals surface area contributed by atoms with E-state index in [9.17, 15) is 0 Å². The van der Waals surface area contributed by atoms with Crippen LogP contribution in [0.2, 0.25) is 5.02 Å². The van der Waals surface area contributed by atoms with Crippen LogP contribution in [0.3, 0.4) is 0 Å². The van der Waals surface area contributed by atoms with Crippen LogP contribution in [0.1, 0.15) is 26.5 Å². The third-order valence-electron chi connectivity index (χ3n) is 3.79. The van der Waals surface area contributed by atoms with Gasteiger partial charge in [0.15, 0.2) is 0 Å². The zero-order chi connectivity index (χ0) is 14.5. The molecule has 20 heavy (non-hydrogen) atoms. The Balaban J connectivity index is 1.95. The fraction of sp³-hybridized carbons (Fsp3) is 0.667. The van der Waals surface area contributed by atoms with Crippen LogP contribution in [0.5, 0.6) is 0 Å². The third-order valence-corrected chi connectivity index (χ3v) is 4.13. The molecule has 2 rings (SSSR count). The molecule has 1 fully saturated rings. The predicted molar refractivity (Wildman–Crippen MR) is 85.4 cm³/mol. The van der Waals surface area contributed by atoms with Crippen LogP contribution in [-0.4, -0.2) is 53.5 Å². The third kappa shape index (κ3) is 4.08. The Morgan fingerprint density at radius 3 is 2.55 bits per heavy atom.